The normalized spacial score (nSPS) is 10.4. The van der Waals surface area contributed by atoms with E-state index in [-0.39, 0.29) is 0 Å². The molecule has 0 fully saturated rings. The number of ether oxygens (including phenoxy) is 1. The number of methoxy groups -OCH3 is 1. The number of benzene rings is 1. The van der Waals surface area contributed by atoms with Crippen LogP contribution in [0.3, 0.4) is 0 Å². The first kappa shape index (κ1) is 10.5. The number of rotatable bonds is 3. The van der Waals surface area contributed by atoms with Gasteiger partial charge in [0.05, 0.1) is 12.8 Å². The molecule has 1 heterocycles. The van der Waals surface area contributed by atoms with Crippen molar-refractivity contribution in [2.24, 2.45) is 0 Å². The Bertz CT molecular complexity index is 492. The van der Waals surface area contributed by atoms with Gasteiger partial charge in [-0.25, -0.2) is 0 Å². The van der Waals surface area contributed by atoms with E-state index in [9.17, 15) is 0 Å². The Hall–Kier alpha value is -2.04. The Kier molecular flexibility index (Phi) is 2.76. The molecule has 2 rings (SSSR count). The summed E-state index contributed by atoms with van der Waals surface area (Å²) in [5, 5.41) is 7.92. The highest BCUT2D eigenvalue weighted by atomic mass is 16.5. The molecule has 0 unspecified atom stereocenters. The molecule has 1 aromatic heterocycles. The summed E-state index contributed by atoms with van der Waals surface area (Å²) in [6.07, 6.45) is 2.47. The first-order chi connectivity index (χ1) is 7.76. The predicted octanol–water partition coefficient (Wildman–Crippen LogP) is 1.42. The van der Waals surface area contributed by atoms with Crippen LogP contribution in [0.25, 0.3) is 5.69 Å². The quantitative estimate of drug-likeness (QED) is 0.791. The minimum atomic E-state index is 0.687. The monoisotopic (exact) mass is 218 g/mol. The highest BCUT2D eigenvalue weighted by molar-refractivity contribution is 5.56. The lowest BCUT2D eigenvalue weighted by molar-refractivity contribution is 0.412. The van der Waals surface area contributed by atoms with Crippen molar-refractivity contribution in [3.8, 4) is 11.4 Å². The lowest BCUT2D eigenvalue weighted by atomic mass is 10.2. The fraction of sp³-hybridized carbons (Fsp3) is 0.273. The van der Waals surface area contributed by atoms with Crippen LogP contribution >= 0.6 is 0 Å². The van der Waals surface area contributed by atoms with Crippen LogP contribution in [0.4, 0.5) is 5.69 Å². The smallest absolute Gasteiger partial charge is 0.143 e. The van der Waals surface area contributed by atoms with Crippen LogP contribution in [0.1, 0.15) is 12.7 Å². The molecule has 2 N–H and O–H groups in total. The molecule has 0 atom stereocenters. The van der Waals surface area contributed by atoms with E-state index in [4.69, 9.17) is 10.5 Å². The number of hydrogen-bond donors (Lipinski definition) is 1. The first-order valence-corrected chi connectivity index (χ1v) is 5.09. The van der Waals surface area contributed by atoms with Crippen molar-refractivity contribution in [3.63, 3.8) is 0 Å². The Labute approximate surface area is 93.9 Å². The van der Waals surface area contributed by atoms with Gasteiger partial charge in [0.1, 0.15) is 17.9 Å². The lowest BCUT2D eigenvalue weighted by Crippen LogP contribution is -2.02. The topological polar surface area (TPSA) is 66.0 Å². The Morgan fingerprint density at radius 1 is 1.44 bits per heavy atom. The van der Waals surface area contributed by atoms with Crippen molar-refractivity contribution in [1.29, 1.82) is 0 Å². The Morgan fingerprint density at radius 3 is 2.94 bits per heavy atom. The molecule has 0 aliphatic rings. The van der Waals surface area contributed by atoms with Gasteiger partial charge in [0.25, 0.3) is 0 Å². The van der Waals surface area contributed by atoms with E-state index < -0.39 is 0 Å². The van der Waals surface area contributed by atoms with E-state index in [2.05, 4.69) is 10.2 Å². The van der Waals surface area contributed by atoms with Gasteiger partial charge in [-0.3, -0.25) is 4.57 Å². The van der Waals surface area contributed by atoms with E-state index >= 15 is 0 Å². The third-order valence-corrected chi connectivity index (χ3v) is 2.40. The number of nitrogens with two attached hydrogens (primary N) is 1. The minimum Gasteiger partial charge on any atom is -0.495 e. The maximum absolute atomic E-state index is 5.77. The summed E-state index contributed by atoms with van der Waals surface area (Å²) < 4.78 is 7.18. The van der Waals surface area contributed by atoms with Crippen LogP contribution in [0, 0.1) is 0 Å². The second-order valence-corrected chi connectivity index (χ2v) is 3.40. The second kappa shape index (κ2) is 4.22. The van der Waals surface area contributed by atoms with E-state index in [1.165, 1.54) is 0 Å². The van der Waals surface area contributed by atoms with Gasteiger partial charge in [0.15, 0.2) is 0 Å². The van der Waals surface area contributed by atoms with Gasteiger partial charge in [0, 0.05) is 12.1 Å². The van der Waals surface area contributed by atoms with Crippen molar-refractivity contribution in [2.45, 2.75) is 13.3 Å². The largest absolute Gasteiger partial charge is 0.495 e. The number of anilines is 1. The SMILES string of the molecule is CCc1nncn1-c1cc(N)ccc1OC. The van der Waals surface area contributed by atoms with Gasteiger partial charge in [-0.2, -0.15) is 0 Å². The fourth-order valence-corrected chi connectivity index (χ4v) is 1.60. The number of nitrogens with zero attached hydrogens (tertiary/aromatic N) is 3. The van der Waals surface area contributed by atoms with Crippen LogP contribution in [0.2, 0.25) is 0 Å². The zero-order valence-electron chi connectivity index (χ0n) is 9.34. The van der Waals surface area contributed by atoms with Crippen molar-refractivity contribution < 1.29 is 4.74 Å². The summed E-state index contributed by atoms with van der Waals surface area (Å²) in [5.41, 5.74) is 7.32. The van der Waals surface area contributed by atoms with Crippen molar-refractivity contribution in [1.82, 2.24) is 14.8 Å². The molecule has 5 heteroatoms. The van der Waals surface area contributed by atoms with Crippen LogP contribution in [-0.4, -0.2) is 21.9 Å². The molecular formula is C11H14N4O. The van der Waals surface area contributed by atoms with E-state index in [0.29, 0.717) is 5.69 Å². The van der Waals surface area contributed by atoms with E-state index in [1.807, 2.05) is 23.6 Å². The molecular weight excluding hydrogens is 204 g/mol. The summed E-state index contributed by atoms with van der Waals surface area (Å²) in [7, 11) is 1.63. The molecule has 0 saturated heterocycles. The van der Waals surface area contributed by atoms with Gasteiger partial charge in [0.2, 0.25) is 0 Å². The molecule has 0 aliphatic heterocycles. The summed E-state index contributed by atoms with van der Waals surface area (Å²) in [5.74, 6) is 1.63. The van der Waals surface area contributed by atoms with Crippen LogP contribution in [-0.2, 0) is 6.42 Å². The molecule has 2 aromatic rings. The number of aromatic nitrogens is 3. The summed E-state index contributed by atoms with van der Waals surface area (Å²) in [4.78, 5) is 0. The highest BCUT2D eigenvalue weighted by Gasteiger charge is 2.09. The van der Waals surface area contributed by atoms with Crippen molar-refractivity contribution in [2.75, 3.05) is 12.8 Å². The number of hydrogen-bond acceptors (Lipinski definition) is 4. The van der Waals surface area contributed by atoms with E-state index in [0.717, 1.165) is 23.7 Å². The molecule has 0 saturated carbocycles. The van der Waals surface area contributed by atoms with Gasteiger partial charge in [-0.15, -0.1) is 10.2 Å². The molecule has 0 amide bonds. The molecule has 0 spiro atoms. The van der Waals surface area contributed by atoms with Crippen LogP contribution in [0.15, 0.2) is 24.5 Å². The maximum Gasteiger partial charge on any atom is 0.143 e. The summed E-state index contributed by atoms with van der Waals surface area (Å²) in [6, 6.07) is 5.49. The molecule has 0 bridgehead atoms. The molecule has 84 valence electrons. The fourth-order valence-electron chi connectivity index (χ4n) is 1.60. The van der Waals surface area contributed by atoms with Crippen LogP contribution < -0.4 is 10.5 Å². The molecule has 16 heavy (non-hydrogen) atoms. The van der Waals surface area contributed by atoms with Crippen LogP contribution in [0.5, 0.6) is 5.75 Å². The van der Waals surface area contributed by atoms with E-state index in [1.54, 1.807) is 19.5 Å². The first-order valence-electron chi connectivity index (χ1n) is 5.09. The highest BCUT2D eigenvalue weighted by Crippen LogP contribution is 2.25. The molecule has 5 nitrogen and oxygen atoms in total. The van der Waals surface area contributed by atoms with Gasteiger partial charge in [-0.05, 0) is 18.2 Å². The molecule has 0 radical (unpaired) electrons. The Morgan fingerprint density at radius 2 is 2.25 bits per heavy atom. The number of aryl methyl sites for hydroxylation is 1. The van der Waals surface area contributed by atoms with Crippen molar-refractivity contribution >= 4 is 5.69 Å². The summed E-state index contributed by atoms with van der Waals surface area (Å²) in [6.45, 7) is 2.03. The average molecular weight is 218 g/mol. The zero-order valence-corrected chi connectivity index (χ0v) is 9.34. The lowest BCUT2D eigenvalue weighted by Gasteiger charge is -2.11. The molecule has 0 aliphatic carbocycles. The van der Waals surface area contributed by atoms with Gasteiger partial charge >= 0.3 is 0 Å². The molecule has 1 aromatic carbocycles. The number of nitrogen functional groups attached to an aromatic ring is 1. The van der Waals surface area contributed by atoms with Gasteiger partial charge in [-0.1, -0.05) is 6.92 Å². The third kappa shape index (κ3) is 1.71. The standard InChI is InChI=1S/C11H14N4O/c1-3-11-14-13-7-15(11)9-6-8(12)4-5-10(9)16-2/h4-7H,3,12H2,1-2H3. The van der Waals surface area contributed by atoms with Crippen molar-refractivity contribution in [3.05, 3.63) is 30.4 Å². The minimum absolute atomic E-state index is 0.687. The third-order valence-electron chi connectivity index (χ3n) is 2.40. The zero-order chi connectivity index (χ0) is 11.5. The predicted molar refractivity (Wildman–Crippen MR) is 61.7 cm³/mol. The van der Waals surface area contributed by atoms with Gasteiger partial charge < -0.3 is 10.5 Å². The maximum atomic E-state index is 5.77. The average Bonchev–Trinajstić information content (AvgIpc) is 2.76. The summed E-state index contributed by atoms with van der Waals surface area (Å²) >= 11 is 0. The Balaban J connectivity index is 2.58. The second-order valence-electron chi connectivity index (χ2n) is 3.40.